The Balaban J connectivity index is 2.65. The average molecular weight is 235 g/mol. The van der Waals surface area contributed by atoms with Crippen LogP contribution in [0.2, 0.25) is 0 Å². The number of rotatable bonds is 5. The van der Waals surface area contributed by atoms with Gasteiger partial charge in [0.2, 0.25) is 5.91 Å². The third kappa shape index (κ3) is 3.50. The van der Waals surface area contributed by atoms with Crippen LogP contribution < -0.4 is 5.32 Å². The minimum atomic E-state index is -3.37. The molecule has 0 aromatic rings. The Bertz CT molecular complexity index is 370. The molecule has 0 aliphatic heterocycles. The lowest BCUT2D eigenvalue weighted by Crippen LogP contribution is -2.45. The van der Waals surface area contributed by atoms with Crippen molar-refractivity contribution in [2.45, 2.75) is 31.1 Å². The largest absolute Gasteiger partial charge is 0.480 e. The van der Waals surface area contributed by atoms with Gasteiger partial charge in [0.25, 0.3) is 0 Å². The van der Waals surface area contributed by atoms with Crippen LogP contribution in [0.25, 0.3) is 0 Å². The van der Waals surface area contributed by atoms with Gasteiger partial charge in [-0.1, -0.05) is 0 Å². The number of aliphatic carboxylic acids is 1. The number of carboxylic acid groups (broad SMARTS) is 1. The fourth-order valence-electron chi connectivity index (χ4n) is 1.22. The van der Waals surface area contributed by atoms with Gasteiger partial charge in [-0.15, -0.1) is 0 Å². The van der Waals surface area contributed by atoms with E-state index in [-0.39, 0.29) is 0 Å². The number of nitrogens with one attached hydrogen (secondary N) is 1. The molecule has 0 heterocycles. The molecule has 1 atom stereocenters. The molecular weight excluding hydrogens is 222 g/mol. The first-order chi connectivity index (χ1) is 6.83. The molecule has 0 radical (unpaired) electrons. The SMILES string of the molecule is CC(=O)N[C@@H](CS(=O)(=O)C1CC1)C(=O)O. The number of sulfone groups is 1. The molecule has 2 N–H and O–H groups in total. The third-order valence-electron chi connectivity index (χ3n) is 2.11. The molecule has 0 aromatic carbocycles. The second kappa shape index (κ2) is 4.18. The number of hydrogen-bond acceptors (Lipinski definition) is 4. The highest BCUT2D eigenvalue weighted by molar-refractivity contribution is 7.92. The molecular formula is C8H13NO5S. The van der Waals surface area contributed by atoms with E-state index < -0.39 is 38.8 Å². The van der Waals surface area contributed by atoms with Crippen LogP contribution in [0.1, 0.15) is 19.8 Å². The summed E-state index contributed by atoms with van der Waals surface area (Å²) in [7, 11) is -3.37. The smallest absolute Gasteiger partial charge is 0.327 e. The molecule has 0 bridgehead atoms. The predicted octanol–water partition coefficient (Wildman–Crippen LogP) is -0.847. The molecule has 86 valence electrons. The molecule has 1 aliphatic carbocycles. The predicted molar refractivity (Wildman–Crippen MR) is 52.0 cm³/mol. The Morgan fingerprint density at radius 1 is 1.47 bits per heavy atom. The Hall–Kier alpha value is -1.11. The van der Waals surface area contributed by atoms with Gasteiger partial charge in [-0.2, -0.15) is 0 Å². The highest BCUT2D eigenvalue weighted by Crippen LogP contribution is 2.29. The fraction of sp³-hybridized carbons (Fsp3) is 0.750. The van der Waals surface area contributed by atoms with E-state index in [9.17, 15) is 18.0 Å². The molecule has 1 saturated carbocycles. The zero-order chi connectivity index (χ0) is 11.6. The van der Waals surface area contributed by atoms with Crippen LogP contribution in [0.4, 0.5) is 0 Å². The average Bonchev–Trinajstić information content (AvgIpc) is 2.82. The zero-order valence-corrected chi connectivity index (χ0v) is 9.08. The van der Waals surface area contributed by atoms with Gasteiger partial charge >= 0.3 is 5.97 Å². The summed E-state index contributed by atoms with van der Waals surface area (Å²) in [4.78, 5) is 21.3. The molecule has 0 saturated heterocycles. The summed E-state index contributed by atoms with van der Waals surface area (Å²) in [5.41, 5.74) is 0. The summed E-state index contributed by atoms with van der Waals surface area (Å²) in [5.74, 6) is -2.39. The number of carboxylic acids is 1. The molecule has 1 amide bonds. The van der Waals surface area contributed by atoms with E-state index in [1.54, 1.807) is 0 Å². The van der Waals surface area contributed by atoms with Gasteiger partial charge < -0.3 is 10.4 Å². The lowest BCUT2D eigenvalue weighted by molar-refractivity contribution is -0.140. The van der Waals surface area contributed by atoms with Crippen LogP contribution in [0.3, 0.4) is 0 Å². The Morgan fingerprint density at radius 3 is 2.33 bits per heavy atom. The van der Waals surface area contributed by atoms with Crippen molar-refractivity contribution in [1.82, 2.24) is 5.32 Å². The first-order valence-electron chi connectivity index (χ1n) is 4.54. The lowest BCUT2D eigenvalue weighted by atomic mass is 10.3. The van der Waals surface area contributed by atoms with Crippen molar-refractivity contribution < 1.29 is 23.1 Å². The second-order valence-corrected chi connectivity index (χ2v) is 5.95. The van der Waals surface area contributed by atoms with E-state index in [1.165, 1.54) is 0 Å². The van der Waals surface area contributed by atoms with Gasteiger partial charge in [0.05, 0.1) is 11.0 Å². The quantitative estimate of drug-likeness (QED) is 0.646. The van der Waals surface area contributed by atoms with E-state index in [0.717, 1.165) is 6.92 Å². The van der Waals surface area contributed by atoms with Crippen LogP contribution >= 0.6 is 0 Å². The molecule has 1 aliphatic rings. The minimum absolute atomic E-state index is 0.409. The van der Waals surface area contributed by atoms with Gasteiger partial charge in [0, 0.05) is 6.92 Å². The molecule has 6 nitrogen and oxygen atoms in total. The molecule has 1 fully saturated rings. The van der Waals surface area contributed by atoms with E-state index in [0.29, 0.717) is 12.8 Å². The van der Waals surface area contributed by atoms with Crippen LogP contribution in [0.5, 0.6) is 0 Å². The molecule has 1 rings (SSSR count). The molecule has 15 heavy (non-hydrogen) atoms. The van der Waals surface area contributed by atoms with Crippen molar-refractivity contribution in [3.63, 3.8) is 0 Å². The lowest BCUT2D eigenvalue weighted by Gasteiger charge is -2.12. The maximum Gasteiger partial charge on any atom is 0.327 e. The van der Waals surface area contributed by atoms with E-state index >= 15 is 0 Å². The highest BCUT2D eigenvalue weighted by Gasteiger charge is 2.38. The number of carbonyl (C=O) groups is 2. The molecule has 0 spiro atoms. The van der Waals surface area contributed by atoms with Crippen molar-refractivity contribution in [3.8, 4) is 0 Å². The van der Waals surface area contributed by atoms with Gasteiger partial charge in [-0.3, -0.25) is 4.79 Å². The minimum Gasteiger partial charge on any atom is -0.480 e. The van der Waals surface area contributed by atoms with Gasteiger partial charge in [-0.25, -0.2) is 13.2 Å². The van der Waals surface area contributed by atoms with E-state index in [1.807, 2.05) is 0 Å². The first kappa shape index (κ1) is 12.0. The summed E-state index contributed by atoms with van der Waals surface area (Å²) in [5, 5.41) is 10.4. The molecule has 7 heteroatoms. The van der Waals surface area contributed by atoms with Crippen molar-refractivity contribution in [2.75, 3.05) is 5.75 Å². The summed E-state index contributed by atoms with van der Waals surface area (Å²) < 4.78 is 22.9. The standard InChI is InChI=1S/C8H13NO5S/c1-5(10)9-7(8(11)12)4-15(13,14)6-2-3-6/h6-7H,2-4H2,1H3,(H,9,10)(H,11,12)/t7-/m0/s1. The van der Waals surface area contributed by atoms with Crippen molar-refractivity contribution in [3.05, 3.63) is 0 Å². The summed E-state index contributed by atoms with van der Waals surface area (Å²) in [6.45, 7) is 1.15. The van der Waals surface area contributed by atoms with Gasteiger partial charge in [-0.05, 0) is 12.8 Å². The normalized spacial score (nSPS) is 18.2. The number of hydrogen-bond donors (Lipinski definition) is 2. The summed E-state index contributed by atoms with van der Waals surface area (Å²) >= 11 is 0. The highest BCUT2D eigenvalue weighted by atomic mass is 32.2. The summed E-state index contributed by atoms with van der Waals surface area (Å²) in [6, 6.07) is -1.34. The third-order valence-corrected chi connectivity index (χ3v) is 4.39. The van der Waals surface area contributed by atoms with Crippen molar-refractivity contribution in [2.24, 2.45) is 0 Å². The maximum absolute atomic E-state index is 11.5. The summed E-state index contributed by atoms with van der Waals surface area (Å²) in [6.07, 6.45) is 1.18. The van der Waals surface area contributed by atoms with Crippen LogP contribution in [0, 0.1) is 0 Å². The van der Waals surface area contributed by atoms with Crippen LogP contribution in [-0.2, 0) is 19.4 Å². The Labute approximate surface area is 87.6 Å². The molecule has 0 aromatic heterocycles. The topological polar surface area (TPSA) is 101 Å². The first-order valence-corrected chi connectivity index (χ1v) is 6.26. The van der Waals surface area contributed by atoms with Crippen LogP contribution in [-0.4, -0.2) is 42.4 Å². The van der Waals surface area contributed by atoms with Crippen molar-refractivity contribution in [1.29, 1.82) is 0 Å². The zero-order valence-electron chi connectivity index (χ0n) is 8.26. The van der Waals surface area contributed by atoms with Gasteiger partial charge in [0.15, 0.2) is 9.84 Å². The second-order valence-electron chi connectivity index (χ2n) is 3.62. The number of carbonyl (C=O) groups excluding carboxylic acids is 1. The van der Waals surface area contributed by atoms with Crippen molar-refractivity contribution >= 4 is 21.7 Å². The Morgan fingerprint density at radius 2 is 2.00 bits per heavy atom. The monoisotopic (exact) mass is 235 g/mol. The van der Waals surface area contributed by atoms with E-state index in [2.05, 4.69) is 5.32 Å². The molecule has 0 unspecified atom stereocenters. The van der Waals surface area contributed by atoms with Crippen LogP contribution in [0.15, 0.2) is 0 Å². The number of amides is 1. The Kier molecular flexibility index (Phi) is 3.33. The van der Waals surface area contributed by atoms with Gasteiger partial charge in [0.1, 0.15) is 6.04 Å². The maximum atomic E-state index is 11.5. The van der Waals surface area contributed by atoms with E-state index in [4.69, 9.17) is 5.11 Å². The fourth-order valence-corrected chi connectivity index (χ4v) is 3.03.